The van der Waals surface area contributed by atoms with E-state index in [1.54, 1.807) is 19.1 Å². The van der Waals surface area contributed by atoms with Gasteiger partial charge in [-0.25, -0.2) is 4.39 Å². The van der Waals surface area contributed by atoms with E-state index in [-0.39, 0.29) is 10.9 Å². The lowest BCUT2D eigenvalue weighted by molar-refractivity contribution is -0.142. The first-order valence-electron chi connectivity index (χ1n) is 6.71. The van der Waals surface area contributed by atoms with Crippen LogP contribution in [0.25, 0.3) is 0 Å². The fraction of sp³-hybridized carbons (Fsp3) is 0.533. The summed E-state index contributed by atoms with van der Waals surface area (Å²) >= 11 is 1.73. The summed E-state index contributed by atoms with van der Waals surface area (Å²) in [6.07, 6.45) is -0.0244. The summed E-state index contributed by atoms with van der Waals surface area (Å²) in [5.41, 5.74) is -0.301. The van der Waals surface area contributed by atoms with Crippen LogP contribution in [0, 0.1) is 5.82 Å². The Kier molecular flexibility index (Phi) is 6.44. The Hall–Kier alpha value is -0.630. The van der Waals surface area contributed by atoms with E-state index in [4.69, 9.17) is 4.74 Å². The fourth-order valence-corrected chi connectivity index (χ4v) is 3.04. The molecule has 0 bridgehead atoms. The summed E-state index contributed by atoms with van der Waals surface area (Å²) in [4.78, 5) is 11.7. The molecule has 0 aliphatic heterocycles. The van der Waals surface area contributed by atoms with Gasteiger partial charge in [0, 0.05) is 11.4 Å². The number of methoxy groups -OCH3 is 1. The Labute approximate surface area is 142 Å². The van der Waals surface area contributed by atoms with Crippen molar-refractivity contribution in [3.05, 3.63) is 34.1 Å². The van der Waals surface area contributed by atoms with Gasteiger partial charge in [0.05, 0.1) is 23.5 Å². The molecule has 0 saturated carbocycles. The second-order valence-corrected chi connectivity index (χ2v) is 9.02. The molecule has 0 aliphatic rings. The van der Waals surface area contributed by atoms with Gasteiger partial charge in [-0.2, -0.15) is 0 Å². The van der Waals surface area contributed by atoms with Gasteiger partial charge < -0.3 is 9.29 Å². The zero-order valence-electron chi connectivity index (χ0n) is 13.3. The quantitative estimate of drug-likeness (QED) is 0.614. The summed E-state index contributed by atoms with van der Waals surface area (Å²) in [6, 6.07) is 4.44. The SMILES string of the molecule is COC(=O)CC(C)(N[S+]([O-])C(C)(C)C)c1ccc(F)c(Br)c1. The van der Waals surface area contributed by atoms with Crippen molar-refractivity contribution < 1.29 is 18.5 Å². The molecule has 1 aromatic rings. The predicted molar refractivity (Wildman–Crippen MR) is 89.1 cm³/mol. The number of halogens is 2. The van der Waals surface area contributed by atoms with Gasteiger partial charge in [-0.1, -0.05) is 6.07 Å². The molecule has 0 aliphatic carbocycles. The number of carbonyl (C=O) groups is 1. The Morgan fingerprint density at radius 1 is 1.41 bits per heavy atom. The minimum atomic E-state index is -1.40. The summed E-state index contributed by atoms with van der Waals surface area (Å²) < 4.78 is 33.4. The highest BCUT2D eigenvalue weighted by molar-refractivity contribution is 9.10. The number of nitrogens with one attached hydrogen (secondary N) is 1. The maximum atomic E-state index is 13.4. The van der Waals surface area contributed by atoms with Crippen molar-refractivity contribution in [2.45, 2.75) is 44.4 Å². The number of carbonyl (C=O) groups excluding carboxylic acids is 1. The van der Waals surface area contributed by atoms with Crippen LogP contribution in [0.4, 0.5) is 4.39 Å². The van der Waals surface area contributed by atoms with Gasteiger partial charge in [0.15, 0.2) is 0 Å². The molecule has 0 saturated heterocycles. The summed E-state index contributed by atoms with van der Waals surface area (Å²) in [5, 5.41) is 0. The molecule has 1 rings (SSSR count). The Bertz CT molecular complexity index is 550. The third kappa shape index (κ3) is 4.94. The van der Waals surface area contributed by atoms with Gasteiger partial charge >= 0.3 is 5.97 Å². The number of ether oxygens (including phenoxy) is 1. The van der Waals surface area contributed by atoms with Gasteiger partial charge in [-0.05, 0) is 61.3 Å². The van der Waals surface area contributed by atoms with Crippen LogP contribution < -0.4 is 4.72 Å². The van der Waals surface area contributed by atoms with Crippen molar-refractivity contribution in [1.29, 1.82) is 0 Å². The predicted octanol–water partition coefficient (Wildman–Crippen LogP) is 3.42. The van der Waals surface area contributed by atoms with Gasteiger partial charge in [0.2, 0.25) is 0 Å². The monoisotopic (exact) mass is 393 g/mol. The van der Waals surface area contributed by atoms with Crippen molar-refractivity contribution in [2.24, 2.45) is 0 Å². The molecule has 1 aromatic carbocycles. The van der Waals surface area contributed by atoms with E-state index >= 15 is 0 Å². The molecule has 7 heteroatoms. The molecule has 1 N–H and O–H groups in total. The van der Waals surface area contributed by atoms with Crippen LogP contribution in [0.15, 0.2) is 22.7 Å². The molecule has 2 atom stereocenters. The molecular formula is C15H21BrFNO3S. The molecule has 124 valence electrons. The Morgan fingerprint density at radius 2 is 2.00 bits per heavy atom. The van der Waals surface area contributed by atoms with Crippen LogP contribution in [0.1, 0.15) is 39.7 Å². The number of esters is 1. The van der Waals surface area contributed by atoms with Crippen molar-refractivity contribution in [3.63, 3.8) is 0 Å². The number of hydrogen-bond acceptors (Lipinski definition) is 4. The molecule has 2 unspecified atom stereocenters. The maximum absolute atomic E-state index is 13.4. The largest absolute Gasteiger partial charge is 0.598 e. The molecule has 0 radical (unpaired) electrons. The van der Waals surface area contributed by atoms with E-state index in [2.05, 4.69) is 20.7 Å². The molecule has 0 aromatic heterocycles. The first kappa shape index (κ1) is 19.4. The van der Waals surface area contributed by atoms with Crippen molar-refractivity contribution in [2.75, 3.05) is 7.11 Å². The Morgan fingerprint density at radius 3 is 2.45 bits per heavy atom. The number of hydrogen-bond donors (Lipinski definition) is 1. The highest BCUT2D eigenvalue weighted by Gasteiger charge is 2.39. The van der Waals surface area contributed by atoms with Crippen molar-refractivity contribution >= 4 is 33.3 Å². The van der Waals surface area contributed by atoms with Crippen LogP contribution in [-0.4, -0.2) is 22.4 Å². The normalized spacial score (nSPS) is 16.0. The van der Waals surface area contributed by atoms with E-state index in [1.807, 2.05) is 20.8 Å². The average Bonchev–Trinajstić information content (AvgIpc) is 2.40. The minimum absolute atomic E-state index is 0.0244. The molecule has 22 heavy (non-hydrogen) atoms. The van der Waals surface area contributed by atoms with E-state index in [1.165, 1.54) is 13.2 Å². The van der Waals surface area contributed by atoms with Crippen molar-refractivity contribution in [1.82, 2.24) is 4.72 Å². The summed E-state index contributed by atoms with van der Waals surface area (Å²) in [7, 11) is 1.30. The van der Waals surface area contributed by atoms with Crippen LogP contribution in [0.2, 0.25) is 0 Å². The summed E-state index contributed by atoms with van der Waals surface area (Å²) in [6.45, 7) is 7.23. The zero-order valence-corrected chi connectivity index (χ0v) is 15.7. The van der Waals surface area contributed by atoms with Crippen LogP contribution >= 0.6 is 15.9 Å². The lowest BCUT2D eigenvalue weighted by Crippen LogP contribution is -2.51. The van der Waals surface area contributed by atoms with Crippen LogP contribution in [0.3, 0.4) is 0 Å². The second-order valence-electron chi connectivity index (χ2n) is 6.20. The average molecular weight is 394 g/mol. The number of benzene rings is 1. The van der Waals surface area contributed by atoms with Crippen LogP contribution in [0.5, 0.6) is 0 Å². The van der Waals surface area contributed by atoms with Gasteiger partial charge in [0.25, 0.3) is 0 Å². The maximum Gasteiger partial charge on any atom is 0.307 e. The standard InChI is InChI=1S/C15H21BrFNO3S/c1-14(2,3)22(20)18-15(4,9-13(19)21-5)10-6-7-12(17)11(16)8-10/h6-8,18H,9H2,1-5H3. The molecule has 0 spiro atoms. The zero-order chi connectivity index (χ0) is 17.1. The van der Waals surface area contributed by atoms with Gasteiger partial charge in [0.1, 0.15) is 10.6 Å². The van der Waals surface area contributed by atoms with Gasteiger partial charge in [-0.15, -0.1) is 4.72 Å². The smallest absolute Gasteiger partial charge is 0.307 e. The minimum Gasteiger partial charge on any atom is -0.598 e. The lowest BCUT2D eigenvalue weighted by Gasteiger charge is -2.34. The molecular weight excluding hydrogens is 373 g/mol. The highest BCUT2D eigenvalue weighted by atomic mass is 79.9. The highest BCUT2D eigenvalue weighted by Crippen LogP contribution is 2.31. The third-order valence-corrected chi connectivity index (χ3v) is 5.51. The molecule has 0 amide bonds. The fourth-order valence-electron chi connectivity index (χ4n) is 1.75. The van der Waals surface area contributed by atoms with Crippen LogP contribution in [-0.2, 0) is 26.4 Å². The van der Waals surface area contributed by atoms with E-state index in [9.17, 15) is 13.7 Å². The number of rotatable bonds is 5. The molecule has 0 heterocycles. The van der Waals surface area contributed by atoms with E-state index in [0.29, 0.717) is 5.56 Å². The molecule has 4 nitrogen and oxygen atoms in total. The van der Waals surface area contributed by atoms with Gasteiger partial charge in [-0.3, -0.25) is 4.79 Å². The first-order chi connectivity index (χ1) is 9.99. The first-order valence-corrected chi connectivity index (χ1v) is 8.66. The second kappa shape index (κ2) is 7.29. The topological polar surface area (TPSA) is 61.4 Å². The Balaban J connectivity index is 3.20. The summed E-state index contributed by atoms with van der Waals surface area (Å²) in [5.74, 6) is -0.845. The van der Waals surface area contributed by atoms with E-state index < -0.39 is 33.4 Å². The molecule has 0 fully saturated rings. The third-order valence-electron chi connectivity index (χ3n) is 3.16. The van der Waals surface area contributed by atoms with Crippen molar-refractivity contribution in [3.8, 4) is 0 Å². The lowest BCUT2D eigenvalue weighted by atomic mass is 9.90. The van der Waals surface area contributed by atoms with E-state index in [0.717, 1.165) is 0 Å².